The number of carbonyl (C=O) groups excluding carboxylic acids is 3. The fraction of sp³-hybridized carbons (Fsp3) is 0.458. The molecule has 2 amide bonds. The molecule has 0 spiro atoms. The molecule has 1 saturated heterocycles. The van der Waals surface area contributed by atoms with Crippen molar-refractivity contribution >= 4 is 44.1 Å². The van der Waals surface area contributed by atoms with Gasteiger partial charge in [0.1, 0.15) is 5.00 Å². The number of sulfonamides is 1. The Morgan fingerprint density at radius 1 is 1.06 bits per heavy atom. The third-order valence-electron chi connectivity index (χ3n) is 6.28. The molecule has 0 atom stereocenters. The van der Waals surface area contributed by atoms with E-state index in [4.69, 9.17) is 4.74 Å². The summed E-state index contributed by atoms with van der Waals surface area (Å²) >= 11 is 1.26. The minimum Gasteiger partial charge on any atom is -0.462 e. The van der Waals surface area contributed by atoms with Gasteiger partial charge in [0.15, 0.2) is 0 Å². The summed E-state index contributed by atoms with van der Waals surface area (Å²) in [6.45, 7) is 5.29. The number of benzene rings is 1. The number of anilines is 1. The van der Waals surface area contributed by atoms with Crippen LogP contribution in [0.2, 0.25) is 0 Å². The second kappa shape index (κ2) is 10.5. The summed E-state index contributed by atoms with van der Waals surface area (Å²) in [5.41, 5.74) is 1.39. The van der Waals surface area contributed by atoms with Gasteiger partial charge in [-0.25, -0.2) is 13.2 Å². The number of rotatable bonds is 6. The van der Waals surface area contributed by atoms with Crippen molar-refractivity contribution in [3.63, 3.8) is 0 Å². The zero-order chi connectivity index (χ0) is 25.2. The lowest BCUT2D eigenvalue weighted by atomic mass is 10.0. The Labute approximate surface area is 209 Å². The van der Waals surface area contributed by atoms with Gasteiger partial charge in [0.25, 0.3) is 5.91 Å². The lowest BCUT2D eigenvalue weighted by molar-refractivity contribution is -0.129. The third kappa shape index (κ3) is 5.26. The van der Waals surface area contributed by atoms with Crippen LogP contribution in [0, 0.1) is 0 Å². The van der Waals surface area contributed by atoms with Crippen molar-refractivity contribution in [2.45, 2.75) is 51.0 Å². The topological polar surface area (TPSA) is 113 Å². The monoisotopic (exact) mass is 519 g/mol. The van der Waals surface area contributed by atoms with E-state index < -0.39 is 21.9 Å². The van der Waals surface area contributed by atoms with Crippen LogP contribution >= 0.6 is 11.3 Å². The lowest BCUT2D eigenvalue weighted by Gasteiger charge is -2.25. The first-order valence-electron chi connectivity index (χ1n) is 11.7. The number of hydrogen-bond donors (Lipinski definition) is 1. The highest BCUT2D eigenvalue weighted by molar-refractivity contribution is 7.89. The Hall–Kier alpha value is -2.76. The van der Waals surface area contributed by atoms with E-state index in [9.17, 15) is 22.8 Å². The molecule has 1 aromatic heterocycles. The SMILES string of the molecule is CCOC(=O)c1c(NC(=O)c2ccc(S(=O)(=O)N3CCCCC3)cc2)sc2c1CCN(C(C)=O)C2. The average Bonchev–Trinajstić information content (AvgIpc) is 3.21. The molecular formula is C24H29N3O6S2. The summed E-state index contributed by atoms with van der Waals surface area (Å²) in [6, 6.07) is 5.83. The van der Waals surface area contributed by atoms with Crippen LogP contribution in [0.5, 0.6) is 0 Å². The van der Waals surface area contributed by atoms with Gasteiger partial charge in [-0.2, -0.15) is 4.31 Å². The number of fused-ring (bicyclic) bond motifs is 1. The summed E-state index contributed by atoms with van der Waals surface area (Å²) in [6.07, 6.45) is 3.21. The second-order valence-electron chi connectivity index (χ2n) is 8.56. The van der Waals surface area contributed by atoms with Gasteiger partial charge in [-0.15, -0.1) is 11.3 Å². The Morgan fingerprint density at radius 3 is 2.37 bits per heavy atom. The maximum Gasteiger partial charge on any atom is 0.341 e. The number of ether oxygens (including phenoxy) is 1. The molecule has 3 heterocycles. The molecule has 0 bridgehead atoms. The van der Waals surface area contributed by atoms with Gasteiger partial charge >= 0.3 is 5.97 Å². The van der Waals surface area contributed by atoms with Crippen molar-refractivity contribution in [2.24, 2.45) is 0 Å². The predicted molar refractivity (Wildman–Crippen MR) is 132 cm³/mol. The van der Waals surface area contributed by atoms with E-state index in [0.29, 0.717) is 43.2 Å². The highest BCUT2D eigenvalue weighted by Gasteiger charge is 2.31. The molecule has 2 aromatic rings. The number of nitrogens with zero attached hydrogens (tertiary/aromatic N) is 2. The number of thiophene rings is 1. The molecule has 188 valence electrons. The number of hydrogen-bond acceptors (Lipinski definition) is 7. The molecule has 0 saturated carbocycles. The summed E-state index contributed by atoms with van der Waals surface area (Å²) < 4.78 is 32.5. The van der Waals surface area contributed by atoms with Crippen LogP contribution < -0.4 is 5.32 Å². The predicted octanol–water partition coefficient (Wildman–Crippen LogP) is 3.26. The van der Waals surface area contributed by atoms with Crippen molar-refractivity contribution in [3.8, 4) is 0 Å². The van der Waals surface area contributed by atoms with E-state index in [2.05, 4.69) is 5.32 Å². The van der Waals surface area contributed by atoms with Gasteiger partial charge in [-0.3, -0.25) is 9.59 Å². The summed E-state index contributed by atoms with van der Waals surface area (Å²) in [4.78, 5) is 40.2. The van der Waals surface area contributed by atoms with E-state index >= 15 is 0 Å². The molecule has 2 aliphatic heterocycles. The normalized spacial score (nSPS) is 16.5. The quantitative estimate of drug-likeness (QED) is 0.586. The zero-order valence-corrected chi connectivity index (χ0v) is 21.5. The minimum absolute atomic E-state index is 0.0492. The van der Waals surface area contributed by atoms with Crippen LogP contribution in [0.1, 0.15) is 64.3 Å². The fourth-order valence-electron chi connectivity index (χ4n) is 4.39. The van der Waals surface area contributed by atoms with Gasteiger partial charge in [0, 0.05) is 37.0 Å². The molecule has 1 N–H and O–H groups in total. The molecule has 11 heteroatoms. The second-order valence-corrected chi connectivity index (χ2v) is 11.6. The highest BCUT2D eigenvalue weighted by atomic mass is 32.2. The number of amides is 2. The van der Waals surface area contributed by atoms with E-state index in [1.165, 1.54) is 46.8 Å². The Bertz CT molecular complexity index is 1230. The fourth-order valence-corrected chi connectivity index (χ4v) is 7.15. The molecular weight excluding hydrogens is 490 g/mol. The lowest BCUT2D eigenvalue weighted by Crippen LogP contribution is -2.35. The Kier molecular flexibility index (Phi) is 7.58. The van der Waals surface area contributed by atoms with Crippen molar-refractivity contribution in [2.75, 3.05) is 31.6 Å². The minimum atomic E-state index is -3.59. The van der Waals surface area contributed by atoms with E-state index in [1.807, 2.05) is 0 Å². The van der Waals surface area contributed by atoms with Crippen LogP contribution in [-0.4, -0.2) is 61.6 Å². The van der Waals surface area contributed by atoms with E-state index in [1.54, 1.807) is 11.8 Å². The van der Waals surface area contributed by atoms with E-state index in [0.717, 1.165) is 29.7 Å². The Balaban J connectivity index is 1.56. The molecule has 0 aliphatic carbocycles. The van der Waals surface area contributed by atoms with Crippen LogP contribution in [0.3, 0.4) is 0 Å². The maximum atomic E-state index is 13.0. The summed E-state index contributed by atoms with van der Waals surface area (Å²) in [7, 11) is -3.59. The standard InChI is InChI=1S/C24H29N3O6S2/c1-3-33-24(30)21-19-11-14-26(16(2)28)15-20(19)34-23(21)25-22(29)17-7-9-18(10-8-17)35(31,32)27-12-5-4-6-13-27/h7-10H,3-6,11-15H2,1-2H3,(H,25,29). The molecule has 4 rings (SSSR count). The first-order valence-corrected chi connectivity index (χ1v) is 14.0. The zero-order valence-electron chi connectivity index (χ0n) is 19.8. The van der Waals surface area contributed by atoms with Crippen molar-refractivity contribution < 1.29 is 27.5 Å². The van der Waals surface area contributed by atoms with Crippen molar-refractivity contribution in [1.29, 1.82) is 0 Å². The summed E-state index contributed by atoms with van der Waals surface area (Å²) in [5.74, 6) is -1.02. The number of piperidine rings is 1. The first-order chi connectivity index (χ1) is 16.7. The summed E-state index contributed by atoms with van der Waals surface area (Å²) in [5, 5.41) is 3.17. The smallest absolute Gasteiger partial charge is 0.341 e. The van der Waals surface area contributed by atoms with Crippen molar-refractivity contribution in [1.82, 2.24) is 9.21 Å². The van der Waals surface area contributed by atoms with Crippen LogP contribution in [-0.2, 0) is 32.5 Å². The molecule has 0 unspecified atom stereocenters. The van der Waals surface area contributed by atoms with Crippen LogP contribution in [0.25, 0.3) is 0 Å². The molecule has 2 aliphatic rings. The van der Waals surface area contributed by atoms with Gasteiger partial charge < -0.3 is 15.0 Å². The highest BCUT2D eigenvalue weighted by Crippen LogP contribution is 2.38. The molecule has 35 heavy (non-hydrogen) atoms. The molecule has 0 radical (unpaired) electrons. The van der Waals surface area contributed by atoms with Crippen molar-refractivity contribution in [3.05, 3.63) is 45.8 Å². The average molecular weight is 520 g/mol. The van der Waals surface area contributed by atoms with Gasteiger partial charge in [0.05, 0.1) is 23.6 Å². The van der Waals surface area contributed by atoms with Crippen LogP contribution in [0.15, 0.2) is 29.2 Å². The molecule has 9 nitrogen and oxygen atoms in total. The number of esters is 1. The van der Waals surface area contributed by atoms with Gasteiger partial charge in [-0.05, 0) is 56.0 Å². The van der Waals surface area contributed by atoms with E-state index in [-0.39, 0.29) is 23.0 Å². The molecule has 1 aromatic carbocycles. The van der Waals surface area contributed by atoms with Crippen LogP contribution in [0.4, 0.5) is 5.00 Å². The Morgan fingerprint density at radius 2 is 1.74 bits per heavy atom. The first kappa shape index (κ1) is 25.3. The largest absolute Gasteiger partial charge is 0.462 e. The number of nitrogens with one attached hydrogen (secondary N) is 1. The van der Waals surface area contributed by atoms with Gasteiger partial charge in [0.2, 0.25) is 15.9 Å². The number of carbonyl (C=O) groups is 3. The van der Waals surface area contributed by atoms with Gasteiger partial charge in [-0.1, -0.05) is 6.42 Å². The third-order valence-corrected chi connectivity index (χ3v) is 9.32. The maximum absolute atomic E-state index is 13.0. The molecule has 1 fully saturated rings.